The molecule has 72 valence electrons. The molecule has 0 aromatic carbocycles. The Morgan fingerprint density at radius 3 is 2.25 bits per heavy atom. The van der Waals surface area contributed by atoms with Crippen molar-refractivity contribution in [2.75, 3.05) is 0 Å². The van der Waals surface area contributed by atoms with E-state index in [1.54, 1.807) is 6.08 Å². The van der Waals surface area contributed by atoms with Gasteiger partial charge in [-0.05, 0) is 33.1 Å². The fraction of sp³-hybridized carbons (Fsp3) is 0.778. The lowest BCUT2D eigenvalue weighted by atomic mass is 9.96. The van der Waals surface area contributed by atoms with Crippen molar-refractivity contribution in [3.8, 4) is 0 Å². The van der Waals surface area contributed by atoms with Crippen LogP contribution >= 0.6 is 11.6 Å². The lowest BCUT2D eigenvalue weighted by Gasteiger charge is -2.33. The lowest BCUT2D eigenvalue weighted by Crippen LogP contribution is -2.45. The third kappa shape index (κ3) is 3.57. The van der Waals surface area contributed by atoms with Crippen molar-refractivity contribution in [1.29, 1.82) is 0 Å². The Kier molecular flexibility index (Phi) is 4.24. The topological polar surface area (TPSA) is 40.5 Å². The molecule has 12 heavy (non-hydrogen) atoms. The molecule has 0 aliphatic heterocycles. The van der Waals surface area contributed by atoms with E-state index in [9.17, 15) is 10.2 Å². The second-order valence-corrected chi connectivity index (χ2v) is 4.12. The molecule has 0 rings (SSSR count). The second-order valence-electron chi connectivity index (χ2n) is 3.50. The van der Waals surface area contributed by atoms with E-state index in [0.29, 0.717) is 6.42 Å². The van der Waals surface area contributed by atoms with Crippen molar-refractivity contribution in [1.82, 2.24) is 0 Å². The number of allylic oxidation sites excluding steroid dienone is 1. The van der Waals surface area contributed by atoms with E-state index < -0.39 is 10.7 Å². The Morgan fingerprint density at radius 2 is 1.92 bits per heavy atom. The highest BCUT2D eigenvalue weighted by Gasteiger charge is 2.39. The molecule has 0 saturated heterocycles. The number of halogens is 1. The van der Waals surface area contributed by atoms with E-state index in [0.717, 1.165) is 12.8 Å². The monoisotopic (exact) mass is 192 g/mol. The van der Waals surface area contributed by atoms with Crippen LogP contribution in [0, 0.1) is 0 Å². The second kappa shape index (κ2) is 4.26. The van der Waals surface area contributed by atoms with Gasteiger partial charge < -0.3 is 10.2 Å². The molecule has 0 heterocycles. The molecular weight excluding hydrogens is 176 g/mol. The number of alkyl halides is 1. The Morgan fingerprint density at radius 1 is 1.42 bits per heavy atom. The van der Waals surface area contributed by atoms with Gasteiger partial charge in [0.15, 0.2) is 5.06 Å². The molecule has 0 bridgehead atoms. The number of rotatable bonds is 5. The zero-order valence-electron chi connectivity index (χ0n) is 7.68. The summed E-state index contributed by atoms with van der Waals surface area (Å²) in [6.45, 7) is 6.54. The van der Waals surface area contributed by atoms with Crippen molar-refractivity contribution in [3.63, 3.8) is 0 Å². The maximum atomic E-state index is 9.56. The van der Waals surface area contributed by atoms with Gasteiger partial charge in [0.2, 0.25) is 0 Å². The molecule has 3 heteroatoms. The molecule has 0 saturated carbocycles. The van der Waals surface area contributed by atoms with Crippen LogP contribution in [0.3, 0.4) is 0 Å². The Balaban J connectivity index is 3.95. The third-order valence-corrected chi connectivity index (χ3v) is 2.51. The molecule has 0 aliphatic carbocycles. The first-order valence-electron chi connectivity index (χ1n) is 4.06. The molecular formula is C9H17ClO2. The fourth-order valence-electron chi connectivity index (χ4n) is 0.787. The molecule has 0 aromatic rings. The number of hydrogen-bond donors (Lipinski definition) is 2. The van der Waals surface area contributed by atoms with Crippen molar-refractivity contribution in [2.24, 2.45) is 0 Å². The van der Waals surface area contributed by atoms with Gasteiger partial charge in [-0.1, -0.05) is 17.7 Å². The van der Waals surface area contributed by atoms with Crippen LogP contribution in [0.4, 0.5) is 0 Å². The minimum atomic E-state index is -1.53. The van der Waals surface area contributed by atoms with Crippen molar-refractivity contribution in [3.05, 3.63) is 12.7 Å². The van der Waals surface area contributed by atoms with E-state index in [1.807, 2.05) is 0 Å². The molecule has 2 N–H and O–H groups in total. The maximum Gasteiger partial charge on any atom is 0.166 e. The van der Waals surface area contributed by atoms with Crippen molar-refractivity contribution in [2.45, 2.75) is 43.8 Å². The molecule has 0 fully saturated rings. The maximum absolute atomic E-state index is 9.56. The molecule has 2 nitrogen and oxygen atoms in total. The van der Waals surface area contributed by atoms with Crippen LogP contribution in [0.2, 0.25) is 0 Å². The summed E-state index contributed by atoms with van der Waals surface area (Å²) in [7, 11) is 0. The highest BCUT2D eigenvalue weighted by Crippen LogP contribution is 2.31. The minimum Gasteiger partial charge on any atom is -0.386 e. The molecule has 0 aromatic heterocycles. The number of aliphatic hydroxyl groups is 2. The van der Waals surface area contributed by atoms with Crippen LogP contribution in [-0.4, -0.2) is 20.9 Å². The average Bonchev–Trinajstić information content (AvgIpc) is 1.85. The van der Waals surface area contributed by atoms with Crippen molar-refractivity contribution < 1.29 is 10.2 Å². The van der Waals surface area contributed by atoms with Crippen LogP contribution in [0.1, 0.15) is 33.1 Å². The quantitative estimate of drug-likeness (QED) is 0.398. The summed E-state index contributed by atoms with van der Waals surface area (Å²) in [6.07, 6.45) is 3.65. The summed E-state index contributed by atoms with van der Waals surface area (Å²) in [6, 6.07) is 0. The fourth-order valence-corrected chi connectivity index (χ4v) is 0.920. The minimum absolute atomic E-state index is 0.365. The standard InChI is InChI=1S/C9H17ClO2/c1-4-5-6-7-9(10,12)8(2,3)11/h4,11-12H,1,5-7H2,2-3H3. The van der Waals surface area contributed by atoms with Crippen LogP contribution in [0.15, 0.2) is 12.7 Å². The highest BCUT2D eigenvalue weighted by molar-refractivity contribution is 6.23. The van der Waals surface area contributed by atoms with Gasteiger partial charge >= 0.3 is 0 Å². The van der Waals surface area contributed by atoms with Gasteiger partial charge in [-0.25, -0.2) is 0 Å². The van der Waals surface area contributed by atoms with Crippen LogP contribution < -0.4 is 0 Å². The van der Waals surface area contributed by atoms with Gasteiger partial charge in [-0.2, -0.15) is 0 Å². The Bertz CT molecular complexity index is 147. The van der Waals surface area contributed by atoms with Gasteiger partial charge in [-0.3, -0.25) is 0 Å². The molecule has 0 radical (unpaired) electrons. The molecule has 1 atom stereocenters. The van der Waals surface area contributed by atoms with E-state index in [1.165, 1.54) is 13.8 Å². The van der Waals surface area contributed by atoms with Crippen molar-refractivity contribution >= 4 is 11.6 Å². The molecule has 0 spiro atoms. The van der Waals surface area contributed by atoms with E-state index in [4.69, 9.17) is 11.6 Å². The smallest absolute Gasteiger partial charge is 0.166 e. The van der Waals surface area contributed by atoms with E-state index in [-0.39, 0.29) is 0 Å². The van der Waals surface area contributed by atoms with Gasteiger partial charge in [0.05, 0.1) is 0 Å². The summed E-state index contributed by atoms with van der Waals surface area (Å²) in [4.78, 5) is 0. The Hall–Kier alpha value is -0.0500. The van der Waals surface area contributed by atoms with Gasteiger partial charge in [-0.15, -0.1) is 6.58 Å². The number of hydrogen-bond acceptors (Lipinski definition) is 2. The predicted octanol–water partition coefficient (Wildman–Crippen LogP) is 2.04. The molecule has 0 amide bonds. The van der Waals surface area contributed by atoms with Gasteiger partial charge in [0.1, 0.15) is 5.60 Å². The summed E-state index contributed by atoms with van der Waals surface area (Å²) in [5.41, 5.74) is -1.27. The van der Waals surface area contributed by atoms with Gasteiger partial charge in [0, 0.05) is 0 Å². The largest absolute Gasteiger partial charge is 0.386 e. The normalized spacial score (nSPS) is 17.1. The van der Waals surface area contributed by atoms with E-state index in [2.05, 4.69) is 6.58 Å². The Labute approximate surface area is 78.9 Å². The predicted molar refractivity (Wildman–Crippen MR) is 51.1 cm³/mol. The number of unbranched alkanes of at least 4 members (excludes halogenated alkanes) is 1. The summed E-state index contributed by atoms with van der Waals surface area (Å²) < 4.78 is 0. The van der Waals surface area contributed by atoms with Crippen LogP contribution in [-0.2, 0) is 0 Å². The van der Waals surface area contributed by atoms with Crippen LogP contribution in [0.25, 0.3) is 0 Å². The lowest BCUT2D eigenvalue weighted by molar-refractivity contribution is -0.0812. The first-order valence-corrected chi connectivity index (χ1v) is 4.43. The third-order valence-electron chi connectivity index (χ3n) is 1.85. The average molecular weight is 193 g/mol. The van der Waals surface area contributed by atoms with E-state index >= 15 is 0 Å². The summed E-state index contributed by atoms with van der Waals surface area (Å²) >= 11 is 5.72. The summed E-state index contributed by atoms with van der Waals surface area (Å²) in [5, 5.41) is 17.5. The molecule has 1 unspecified atom stereocenters. The highest BCUT2D eigenvalue weighted by atomic mass is 35.5. The zero-order chi connectivity index (χ0) is 9.83. The summed E-state index contributed by atoms with van der Waals surface area (Å²) in [5.74, 6) is 0. The van der Waals surface area contributed by atoms with Gasteiger partial charge in [0.25, 0.3) is 0 Å². The molecule has 0 aliphatic rings. The zero-order valence-corrected chi connectivity index (χ0v) is 8.43. The SMILES string of the molecule is C=CCCCC(O)(Cl)C(C)(C)O. The van der Waals surface area contributed by atoms with Crippen LogP contribution in [0.5, 0.6) is 0 Å². The first kappa shape index (κ1) is 11.9. The first-order chi connectivity index (χ1) is 5.31.